The molecular formula is C36H58O13. The predicted octanol–water partition coefficient (Wildman–Crippen LogP) is 1.01. The van der Waals surface area contributed by atoms with Crippen LogP contribution in [0.4, 0.5) is 0 Å². The van der Waals surface area contributed by atoms with Gasteiger partial charge in [0.15, 0.2) is 12.6 Å². The summed E-state index contributed by atoms with van der Waals surface area (Å²) < 4.78 is 35.2. The van der Waals surface area contributed by atoms with E-state index in [-0.39, 0.29) is 34.7 Å². The second kappa shape index (κ2) is 13.5. The first kappa shape index (κ1) is 36.4. The number of aliphatic hydroxyl groups excluding tert-OH is 5. The van der Waals surface area contributed by atoms with E-state index in [9.17, 15) is 35.4 Å². The average Bonchev–Trinajstić information content (AvgIpc) is 3.62. The molecule has 0 aromatic heterocycles. The summed E-state index contributed by atoms with van der Waals surface area (Å²) in [6.07, 6.45) is -3.20. The molecule has 3 saturated heterocycles. The van der Waals surface area contributed by atoms with Crippen LogP contribution in [-0.4, -0.2) is 130 Å². The molecule has 49 heavy (non-hydrogen) atoms. The van der Waals surface area contributed by atoms with Crippen molar-refractivity contribution in [2.24, 2.45) is 40.4 Å². The summed E-state index contributed by atoms with van der Waals surface area (Å²) in [5.74, 6) is 1.47. The maximum atomic E-state index is 12.6. The molecule has 0 unspecified atom stereocenters. The number of carbonyl (C=O) groups excluding carboxylic acids is 1. The van der Waals surface area contributed by atoms with Gasteiger partial charge in [0.1, 0.15) is 42.7 Å². The van der Waals surface area contributed by atoms with Gasteiger partial charge < -0.3 is 59.1 Å². The number of hydrogen-bond donors (Lipinski definition) is 6. The molecule has 4 saturated carbocycles. The van der Waals surface area contributed by atoms with Gasteiger partial charge in [-0.15, -0.1) is 0 Å². The van der Waals surface area contributed by atoms with E-state index >= 15 is 0 Å². The van der Waals surface area contributed by atoms with Crippen molar-refractivity contribution in [2.45, 2.75) is 158 Å². The maximum absolute atomic E-state index is 12.6. The normalized spacial score (nSPS) is 56.1. The van der Waals surface area contributed by atoms with Gasteiger partial charge in [-0.2, -0.15) is 0 Å². The van der Waals surface area contributed by atoms with Gasteiger partial charge in [0, 0.05) is 13.0 Å². The molecule has 19 atom stereocenters. The molecule has 7 aliphatic rings. The Bertz CT molecular complexity index is 1200. The Morgan fingerprint density at radius 2 is 1.55 bits per heavy atom. The van der Waals surface area contributed by atoms with E-state index in [0.29, 0.717) is 30.8 Å². The summed E-state index contributed by atoms with van der Waals surface area (Å²) in [6, 6.07) is 0. The van der Waals surface area contributed by atoms with Crippen LogP contribution in [0.25, 0.3) is 0 Å². The lowest BCUT2D eigenvalue weighted by Crippen LogP contribution is -2.64. The van der Waals surface area contributed by atoms with Gasteiger partial charge in [-0.1, -0.05) is 13.8 Å². The van der Waals surface area contributed by atoms with Gasteiger partial charge in [-0.3, -0.25) is 4.79 Å². The highest BCUT2D eigenvalue weighted by molar-refractivity contribution is 5.71. The number of fused-ring (bicyclic) bond motifs is 5. The molecule has 0 aromatic rings. The van der Waals surface area contributed by atoms with Crippen LogP contribution in [0.2, 0.25) is 0 Å². The maximum Gasteiger partial charge on any atom is 0.306 e. The van der Waals surface area contributed by atoms with Crippen molar-refractivity contribution in [1.82, 2.24) is 0 Å². The fourth-order valence-electron chi connectivity index (χ4n) is 12.0. The number of ether oxygens (including phenoxy) is 6. The average molecular weight is 699 g/mol. The van der Waals surface area contributed by atoms with E-state index in [4.69, 9.17) is 28.4 Å². The van der Waals surface area contributed by atoms with Crippen LogP contribution in [0.1, 0.15) is 85.0 Å². The molecule has 7 rings (SSSR count). The Morgan fingerprint density at radius 1 is 0.816 bits per heavy atom. The molecule has 3 heterocycles. The molecule has 13 heteroatoms. The lowest BCUT2D eigenvalue weighted by molar-refractivity contribution is -0.362. The molecule has 0 amide bonds. The Kier molecular flexibility index (Phi) is 10.00. The first-order valence-corrected chi connectivity index (χ1v) is 18.6. The van der Waals surface area contributed by atoms with E-state index in [0.717, 1.165) is 57.8 Å². The molecule has 280 valence electrons. The van der Waals surface area contributed by atoms with Crippen LogP contribution in [0, 0.1) is 40.4 Å². The minimum absolute atomic E-state index is 0.0725. The van der Waals surface area contributed by atoms with Crippen molar-refractivity contribution in [1.29, 1.82) is 0 Å². The number of carbonyl (C=O) groups is 1. The quantitative estimate of drug-likeness (QED) is 0.163. The molecule has 13 nitrogen and oxygen atoms in total. The number of methoxy groups -OCH3 is 1. The van der Waals surface area contributed by atoms with Gasteiger partial charge in [0.25, 0.3) is 0 Å². The minimum Gasteiger partial charge on any atom is -0.465 e. The Morgan fingerprint density at radius 3 is 2.24 bits per heavy atom. The van der Waals surface area contributed by atoms with Crippen LogP contribution in [0.3, 0.4) is 0 Å². The number of hydrogen-bond acceptors (Lipinski definition) is 13. The molecule has 6 N–H and O–H groups in total. The zero-order chi connectivity index (χ0) is 35.0. The van der Waals surface area contributed by atoms with Crippen molar-refractivity contribution >= 4 is 5.97 Å². The molecule has 4 aliphatic carbocycles. The molecule has 0 spiro atoms. The topological polar surface area (TPSA) is 194 Å². The summed E-state index contributed by atoms with van der Waals surface area (Å²) >= 11 is 0. The van der Waals surface area contributed by atoms with Gasteiger partial charge >= 0.3 is 5.97 Å². The van der Waals surface area contributed by atoms with Crippen LogP contribution >= 0.6 is 0 Å². The summed E-state index contributed by atoms with van der Waals surface area (Å²) in [6.45, 7) is 6.35. The van der Waals surface area contributed by atoms with Crippen molar-refractivity contribution in [3.63, 3.8) is 0 Å². The molecule has 0 aromatic carbocycles. The Labute approximate surface area is 288 Å². The molecular weight excluding hydrogens is 640 g/mol. The monoisotopic (exact) mass is 698 g/mol. The molecule has 0 bridgehead atoms. The fraction of sp³-hybridized carbons (Fsp3) is 0.972. The summed E-state index contributed by atoms with van der Waals surface area (Å²) in [5, 5.41) is 64.4. The molecule has 0 radical (unpaired) electrons. The largest absolute Gasteiger partial charge is 0.465 e. The highest BCUT2D eigenvalue weighted by Crippen LogP contribution is 2.70. The van der Waals surface area contributed by atoms with E-state index in [1.165, 1.54) is 7.11 Å². The van der Waals surface area contributed by atoms with E-state index in [1.807, 2.05) is 0 Å². The Balaban J connectivity index is 0.985. The second-order valence-electron chi connectivity index (χ2n) is 16.9. The highest BCUT2D eigenvalue weighted by Gasteiger charge is 2.68. The van der Waals surface area contributed by atoms with E-state index in [1.54, 1.807) is 6.92 Å². The van der Waals surface area contributed by atoms with Crippen molar-refractivity contribution in [3.05, 3.63) is 0 Å². The van der Waals surface area contributed by atoms with Crippen LogP contribution in [0.15, 0.2) is 0 Å². The lowest BCUT2D eigenvalue weighted by Gasteiger charge is -2.64. The lowest BCUT2D eigenvalue weighted by atomic mass is 9.43. The number of cyclic esters (lactones) is 1. The predicted molar refractivity (Wildman–Crippen MR) is 170 cm³/mol. The van der Waals surface area contributed by atoms with Crippen LogP contribution in [0.5, 0.6) is 0 Å². The minimum atomic E-state index is -1.60. The number of aliphatic hydroxyl groups is 6. The third-order valence-corrected chi connectivity index (χ3v) is 14.8. The van der Waals surface area contributed by atoms with Crippen molar-refractivity contribution in [3.8, 4) is 0 Å². The highest BCUT2D eigenvalue weighted by atomic mass is 16.7. The SMILES string of the molecule is CO[C@@H]1[C@@H](O)[C@H](O[C@H]2CC[C@@]3(C)[C@H](CC[C@@H]4[C@@H]3CC[C@]3(C)[C@@H]([C@H]5COC(=O)C5)CC[C@]43O)C2)O[C@@H](C)[C@@H]1O[C@@H]1O[C@H](CO)[C@@H](O)[C@H](O)[C@H]1O. The smallest absolute Gasteiger partial charge is 0.306 e. The van der Waals surface area contributed by atoms with Gasteiger partial charge in [-0.05, 0) is 99.2 Å². The zero-order valence-electron chi connectivity index (χ0n) is 29.3. The zero-order valence-corrected chi connectivity index (χ0v) is 29.3. The summed E-state index contributed by atoms with van der Waals surface area (Å²) in [5.41, 5.74) is -0.861. The van der Waals surface area contributed by atoms with Gasteiger partial charge in [0.05, 0.1) is 37.4 Å². The number of rotatable bonds is 7. The fourth-order valence-corrected chi connectivity index (χ4v) is 12.0. The Hall–Kier alpha value is -0.970. The standard InChI is InChI=1S/C36H58O13/c1-17-30(49-32-28(41)27(40)26(39)24(15-37)48-32)31(44-4)29(42)33(46-17)47-20-7-10-34(2)19(14-20)5-6-23-22(34)8-11-35(3)21(9-12-36(23,35)43)18-13-25(38)45-16-18/h17-24,26-33,37,39-43H,5-16H2,1-4H3/t17-,18+,19+,20-,21+,22-,23+,24+,26+,27-,28+,29+,30-,31+,32-,33-,34-,35+,36-/m0/s1. The van der Waals surface area contributed by atoms with Gasteiger partial charge in [-0.25, -0.2) is 0 Å². The van der Waals surface area contributed by atoms with Crippen LogP contribution in [-0.2, 0) is 33.2 Å². The third kappa shape index (κ3) is 5.82. The van der Waals surface area contributed by atoms with Crippen molar-refractivity contribution < 1.29 is 63.9 Å². The number of esters is 1. The first-order valence-electron chi connectivity index (χ1n) is 18.6. The van der Waals surface area contributed by atoms with Crippen molar-refractivity contribution in [2.75, 3.05) is 20.3 Å². The summed E-state index contributed by atoms with van der Waals surface area (Å²) in [4.78, 5) is 12.0. The third-order valence-electron chi connectivity index (χ3n) is 14.8. The first-order chi connectivity index (χ1) is 23.3. The van der Waals surface area contributed by atoms with E-state index < -0.39 is 73.6 Å². The van der Waals surface area contributed by atoms with Crippen LogP contribution < -0.4 is 0 Å². The second-order valence-corrected chi connectivity index (χ2v) is 16.9. The summed E-state index contributed by atoms with van der Waals surface area (Å²) in [7, 11) is 1.44. The van der Waals surface area contributed by atoms with E-state index in [2.05, 4.69) is 13.8 Å². The van der Waals surface area contributed by atoms with Gasteiger partial charge in [0.2, 0.25) is 0 Å². The molecule has 7 fully saturated rings. The molecule has 3 aliphatic heterocycles.